The highest BCUT2D eigenvalue weighted by Crippen LogP contribution is 2.28. The largest absolute Gasteiger partial charge is 0.494 e. The van der Waals surface area contributed by atoms with Gasteiger partial charge in [-0.2, -0.15) is 0 Å². The lowest BCUT2D eigenvalue weighted by molar-refractivity contribution is -0.139. The number of nitrogens with one attached hydrogen (secondary N) is 1. The van der Waals surface area contributed by atoms with Gasteiger partial charge in [-0.15, -0.1) is 0 Å². The molecule has 1 fully saturated rings. The Balaban J connectivity index is 1.68. The summed E-state index contributed by atoms with van der Waals surface area (Å²) in [6, 6.07) is 19.0. The van der Waals surface area contributed by atoms with Crippen LogP contribution in [0.4, 0.5) is 5.69 Å². The maximum absolute atomic E-state index is 14.1. The molecular formula is C32H37BrClN3O5S. The molecule has 1 aliphatic rings. The van der Waals surface area contributed by atoms with Crippen LogP contribution in [-0.2, 0) is 26.2 Å². The summed E-state index contributed by atoms with van der Waals surface area (Å²) in [7, 11) is -4.19. The summed E-state index contributed by atoms with van der Waals surface area (Å²) in [5.41, 5.74) is 1.08. The lowest BCUT2D eigenvalue weighted by Gasteiger charge is -2.33. The molecule has 43 heavy (non-hydrogen) atoms. The van der Waals surface area contributed by atoms with Crippen molar-refractivity contribution in [2.75, 3.05) is 17.5 Å². The Labute approximate surface area is 267 Å². The SMILES string of the molecule is CCOc1ccc(N(CC(=O)N(Cc2cccc(Br)c2)C(C)C(=O)NC2CCCCC2)S(=O)(=O)c2ccc(Cl)cc2)cc1. The first-order valence-electron chi connectivity index (χ1n) is 14.4. The number of anilines is 1. The molecule has 0 saturated heterocycles. The van der Waals surface area contributed by atoms with Gasteiger partial charge < -0.3 is 15.0 Å². The van der Waals surface area contributed by atoms with Crippen LogP contribution in [0, 0.1) is 0 Å². The number of ether oxygens (including phenoxy) is 1. The highest BCUT2D eigenvalue weighted by molar-refractivity contribution is 9.10. The molecule has 0 aliphatic heterocycles. The molecule has 3 aromatic carbocycles. The van der Waals surface area contributed by atoms with Crippen molar-refractivity contribution in [1.82, 2.24) is 10.2 Å². The van der Waals surface area contributed by atoms with E-state index in [1.807, 2.05) is 31.2 Å². The fraction of sp³-hybridized carbons (Fsp3) is 0.375. The number of carbonyl (C=O) groups is 2. The summed E-state index contributed by atoms with van der Waals surface area (Å²) < 4.78 is 35.4. The second-order valence-corrected chi connectivity index (χ2v) is 13.8. The van der Waals surface area contributed by atoms with Gasteiger partial charge in [0.25, 0.3) is 10.0 Å². The highest BCUT2D eigenvalue weighted by atomic mass is 79.9. The minimum absolute atomic E-state index is 0.0137. The van der Waals surface area contributed by atoms with Crippen LogP contribution in [-0.4, -0.2) is 50.4 Å². The summed E-state index contributed by atoms with van der Waals surface area (Å²) in [6.07, 6.45) is 5.07. The van der Waals surface area contributed by atoms with Gasteiger partial charge >= 0.3 is 0 Å². The van der Waals surface area contributed by atoms with Crippen LogP contribution in [0.2, 0.25) is 5.02 Å². The van der Waals surface area contributed by atoms with Crippen LogP contribution in [0.5, 0.6) is 5.75 Å². The van der Waals surface area contributed by atoms with Gasteiger partial charge in [0.1, 0.15) is 18.3 Å². The molecule has 1 aliphatic carbocycles. The third kappa shape index (κ3) is 8.74. The molecule has 4 rings (SSSR count). The van der Waals surface area contributed by atoms with E-state index in [-0.39, 0.29) is 29.1 Å². The molecule has 0 spiro atoms. The molecule has 1 N–H and O–H groups in total. The molecule has 0 bridgehead atoms. The summed E-state index contributed by atoms with van der Waals surface area (Å²) in [5, 5.41) is 3.50. The molecular weight excluding hydrogens is 654 g/mol. The van der Waals surface area contributed by atoms with Crippen LogP contribution in [0.25, 0.3) is 0 Å². The van der Waals surface area contributed by atoms with Gasteiger partial charge in [0.2, 0.25) is 11.8 Å². The zero-order valence-corrected chi connectivity index (χ0v) is 27.5. The molecule has 0 aromatic heterocycles. The van der Waals surface area contributed by atoms with E-state index in [0.29, 0.717) is 17.4 Å². The number of sulfonamides is 1. The van der Waals surface area contributed by atoms with Gasteiger partial charge in [-0.3, -0.25) is 13.9 Å². The maximum Gasteiger partial charge on any atom is 0.264 e. The smallest absolute Gasteiger partial charge is 0.264 e. The first kappa shape index (κ1) is 32.8. The minimum atomic E-state index is -4.19. The Morgan fingerprint density at radius 2 is 1.70 bits per heavy atom. The average Bonchev–Trinajstić information content (AvgIpc) is 2.99. The number of rotatable bonds is 12. The molecule has 11 heteroatoms. The maximum atomic E-state index is 14.1. The zero-order chi connectivity index (χ0) is 31.0. The summed E-state index contributed by atoms with van der Waals surface area (Å²) in [5.74, 6) is -0.202. The van der Waals surface area contributed by atoms with Crippen LogP contribution in [0.3, 0.4) is 0 Å². The fourth-order valence-electron chi connectivity index (χ4n) is 5.12. The Hall–Kier alpha value is -3.08. The van der Waals surface area contributed by atoms with Crippen LogP contribution < -0.4 is 14.4 Å². The molecule has 1 unspecified atom stereocenters. The fourth-order valence-corrected chi connectivity index (χ4v) is 7.11. The number of hydrogen-bond acceptors (Lipinski definition) is 5. The number of nitrogens with zero attached hydrogens (tertiary/aromatic N) is 2. The third-order valence-electron chi connectivity index (χ3n) is 7.48. The van der Waals surface area contributed by atoms with E-state index < -0.39 is 28.5 Å². The summed E-state index contributed by atoms with van der Waals surface area (Å²) >= 11 is 9.51. The Morgan fingerprint density at radius 3 is 2.33 bits per heavy atom. The number of benzene rings is 3. The lowest BCUT2D eigenvalue weighted by Crippen LogP contribution is -2.53. The van der Waals surface area contributed by atoms with Gasteiger partial charge in [0.15, 0.2) is 0 Å². The van der Waals surface area contributed by atoms with Crippen molar-refractivity contribution >= 4 is 55.1 Å². The highest BCUT2D eigenvalue weighted by Gasteiger charge is 2.33. The first-order chi connectivity index (χ1) is 20.6. The Morgan fingerprint density at radius 1 is 1.02 bits per heavy atom. The van der Waals surface area contributed by atoms with E-state index in [4.69, 9.17) is 16.3 Å². The Bertz CT molecular complexity index is 1500. The van der Waals surface area contributed by atoms with Gasteiger partial charge in [-0.25, -0.2) is 8.42 Å². The van der Waals surface area contributed by atoms with E-state index in [1.54, 1.807) is 31.2 Å². The monoisotopic (exact) mass is 689 g/mol. The topological polar surface area (TPSA) is 96.0 Å². The molecule has 3 aromatic rings. The number of amides is 2. The van der Waals surface area contributed by atoms with Crippen molar-refractivity contribution in [3.63, 3.8) is 0 Å². The van der Waals surface area contributed by atoms with Crippen molar-refractivity contribution in [3.05, 3.63) is 87.9 Å². The van der Waals surface area contributed by atoms with Gasteiger partial charge in [0.05, 0.1) is 17.2 Å². The van der Waals surface area contributed by atoms with E-state index in [2.05, 4.69) is 21.2 Å². The van der Waals surface area contributed by atoms with E-state index in [0.717, 1.165) is 46.4 Å². The van der Waals surface area contributed by atoms with Crippen molar-refractivity contribution in [2.24, 2.45) is 0 Å². The molecule has 1 atom stereocenters. The van der Waals surface area contributed by atoms with Gasteiger partial charge in [-0.05, 0) is 92.9 Å². The molecule has 1 saturated carbocycles. The molecule has 0 radical (unpaired) electrons. The van der Waals surface area contributed by atoms with E-state index in [9.17, 15) is 18.0 Å². The second-order valence-electron chi connectivity index (χ2n) is 10.6. The first-order valence-corrected chi connectivity index (χ1v) is 17.0. The average molecular weight is 691 g/mol. The van der Waals surface area contributed by atoms with Crippen LogP contribution in [0.15, 0.2) is 82.2 Å². The van der Waals surface area contributed by atoms with E-state index >= 15 is 0 Å². The van der Waals surface area contributed by atoms with Crippen molar-refractivity contribution in [3.8, 4) is 5.75 Å². The molecule has 230 valence electrons. The van der Waals surface area contributed by atoms with Crippen LogP contribution in [0.1, 0.15) is 51.5 Å². The Kier molecular flexibility index (Phi) is 11.5. The van der Waals surface area contributed by atoms with Crippen molar-refractivity contribution in [2.45, 2.75) is 69.5 Å². The predicted octanol–water partition coefficient (Wildman–Crippen LogP) is 6.56. The number of hydrogen-bond donors (Lipinski definition) is 1. The molecule has 8 nitrogen and oxygen atoms in total. The number of carbonyl (C=O) groups excluding carboxylic acids is 2. The van der Waals surface area contributed by atoms with E-state index in [1.165, 1.54) is 29.2 Å². The quantitative estimate of drug-likeness (QED) is 0.232. The minimum Gasteiger partial charge on any atom is -0.494 e. The molecule has 0 heterocycles. The van der Waals surface area contributed by atoms with Gasteiger partial charge in [-0.1, -0.05) is 58.9 Å². The van der Waals surface area contributed by atoms with Crippen molar-refractivity contribution in [1.29, 1.82) is 0 Å². The van der Waals surface area contributed by atoms with Crippen molar-refractivity contribution < 1.29 is 22.7 Å². The van der Waals surface area contributed by atoms with Crippen LogP contribution >= 0.6 is 27.5 Å². The summed E-state index contributed by atoms with van der Waals surface area (Å²) in [6.45, 7) is 3.60. The van der Waals surface area contributed by atoms with Gasteiger partial charge in [0, 0.05) is 22.1 Å². The normalized spacial score (nSPS) is 14.5. The zero-order valence-electron chi connectivity index (χ0n) is 24.3. The molecule has 2 amide bonds. The lowest BCUT2D eigenvalue weighted by atomic mass is 9.95. The predicted molar refractivity (Wildman–Crippen MR) is 173 cm³/mol. The number of halogens is 2. The third-order valence-corrected chi connectivity index (χ3v) is 10.0. The standard InChI is InChI=1S/C32H37BrClN3O5S/c1-3-42-29-16-14-28(15-17-29)37(43(40,41)30-18-12-26(34)13-19-30)22-31(38)36(21-24-8-7-9-25(33)20-24)23(2)32(39)35-27-10-5-4-6-11-27/h7-9,12-20,23,27H,3-6,10-11,21-22H2,1-2H3,(H,35,39). The summed E-state index contributed by atoms with van der Waals surface area (Å²) in [4.78, 5) is 29.0. The second kappa shape index (κ2) is 15.1.